The van der Waals surface area contributed by atoms with Gasteiger partial charge >= 0.3 is 0 Å². The van der Waals surface area contributed by atoms with Crippen molar-refractivity contribution in [2.45, 2.75) is 158 Å². The van der Waals surface area contributed by atoms with Crippen LogP contribution in [0.1, 0.15) is 125 Å². The van der Waals surface area contributed by atoms with Crippen molar-refractivity contribution in [1.29, 1.82) is 0 Å². The summed E-state index contributed by atoms with van der Waals surface area (Å²) in [6.07, 6.45) is 0. The van der Waals surface area contributed by atoms with E-state index in [4.69, 9.17) is 33.2 Å². The number of rotatable bonds is 16. The van der Waals surface area contributed by atoms with Crippen LogP contribution in [0.5, 0.6) is 0 Å². The van der Waals surface area contributed by atoms with Gasteiger partial charge in [0.15, 0.2) is 0 Å². The van der Waals surface area contributed by atoms with Crippen LogP contribution >= 0.6 is 0 Å². The summed E-state index contributed by atoms with van der Waals surface area (Å²) in [5.74, 6) is 0. The molecule has 0 rings (SSSR count). The van der Waals surface area contributed by atoms with Gasteiger partial charge < -0.3 is 33.2 Å². The second-order valence-corrected chi connectivity index (χ2v) is 17.9. The zero-order valence-corrected chi connectivity index (χ0v) is 30.5. The molecular formula is C34H70O7. The van der Waals surface area contributed by atoms with Gasteiger partial charge in [-0.3, -0.25) is 0 Å². The third-order valence-corrected chi connectivity index (χ3v) is 5.68. The number of ether oxygens (including phenoxy) is 7. The first-order chi connectivity index (χ1) is 17.9. The zero-order chi connectivity index (χ0) is 32.6. The highest BCUT2D eigenvalue weighted by Crippen LogP contribution is 2.31. The maximum atomic E-state index is 6.68. The molecule has 0 fully saturated rings. The molecule has 41 heavy (non-hydrogen) atoms. The van der Waals surface area contributed by atoms with Crippen molar-refractivity contribution >= 4 is 0 Å². The van der Waals surface area contributed by atoms with E-state index < -0.39 is 10.8 Å². The van der Waals surface area contributed by atoms with Crippen LogP contribution in [0, 0.1) is 10.8 Å². The van der Waals surface area contributed by atoms with Crippen LogP contribution in [0.4, 0.5) is 0 Å². The molecule has 0 radical (unpaired) electrons. The molecule has 7 heteroatoms. The predicted molar refractivity (Wildman–Crippen MR) is 170 cm³/mol. The van der Waals surface area contributed by atoms with E-state index in [2.05, 4.69) is 125 Å². The summed E-state index contributed by atoms with van der Waals surface area (Å²) in [6, 6.07) is 0. The van der Waals surface area contributed by atoms with Gasteiger partial charge in [-0.2, -0.15) is 0 Å². The fourth-order valence-electron chi connectivity index (χ4n) is 3.20. The van der Waals surface area contributed by atoms with E-state index in [1.54, 1.807) is 0 Å². The highest BCUT2D eigenvalue weighted by Gasteiger charge is 2.40. The summed E-state index contributed by atoms with van der Waals surface area (Å²) >= 11 is 0. The van der Waals surface area contributed by atoms with Crippen molar-refractivity contribution in [3.8, 4) is 0 Å². The molecule has 0 aromatic carbocycles. The summed E-state index contributed by atoms with van der Waals surface area (Å²) in [4.78, 5) is 0. The van der Waals surface area contributed by atoms with E-state index in [0.29, 0.717) is 52.9 Å². The molecule has 0 heterocycles. The quantitative estimate of drug-likeness (QED) is 0.181. The average molecular weight is 591 g/mol. The predicted octanol–water partition coefficient (Wildman–Crippen LogP) is 7.87. The Bertz CT molecular complexity index is 566. The molecule has 0 aliphatic carbocycles. The molecule has 0 aromatic heterocycles. The van der Waals surface area contributed by atoms with Crippen molar-refractivity contribution < 1.29 is 33.2 Å². The van der Waals surface area contributed by atoms with Crippen molar-refractivity contribution in [2.24, 2.45) is 10.8 Å². The zero-order valence-electron chi connectivity index (χ0n) is 30.5. The maximum Gasteiger partial charge on any atom is 0.0638 e. The number of hydrogen-bond donors (Lipinski definition) is 0. The Morgan fingerprint density at radius 1 is 0.244 bits per heavy atom. The smallest absolute Gasteiger partial charge is 0.0638 e. The largest absolute Gasteiger partial charge is 0.380 e. The van der Waals surface area contributed by atoms with Gasteiger partial charge in [0, 0.05) is 0 Å². The SMILES string of the molecule is CC(C)(C)OCC(COCC(COC(C)(C)C)(COC(C)(C)C)COC(C)(C)C)(COC(C)(C)C)COC(C)(C)C. The second-order valence-electron chi connectivity index (χ2n) is 17.9. The van der Waals surface area contributed by atoms with Gasteiger partial charge in [-0.15, -0.1) is 0 Å². The minimum atomic E-state index is -0.528. The fraction of sp³-hybridized carbons (Fsp3) is 1.00. The van der Waals surface area contributed by atoms with Crippen molar-refractivity contribution in [2.75, 3.05) is 52.9 Å². The molecule has 0 aromatic rings. The molecule has 0 aliphatic heterocycles. The van der Waals surface area contributed by atoms with Crippen LogP contribution in [0.25, 0.3) is 0 Å². The second kappa shape index (κ2) is 15.1. The third kappa shape index (κ3) is 22.9. The Morgan fingerprint density at radius 3 is 0.512 bits per heavy atom. The summed E-state index contributed by atoms with van der Waals surface area (Å²) in [6.45, 7) is 40.6. The maximum absolute atomic E-state index is 6.68. The van der Waals surface area contributed by atoms with Gasteiger partial charge in [-0.25, -0.2) is 0 Å². The molecule has 0 bridgehead atoms. The van der Waals surface area contributed by atoms with Crippen LogP contribution in [0.3, 0.4) is 0 Å². The highest BCUT2D eigenvalue weighted by molar-refractivity contribution is 4.87. The molecule has 248 valence electrons. The minimum absolute atomic E-state index is 0.319. The molecule has 0 saturated heterocycles. The molecule has 0 unspecified atom stereocenters. The lowest BCUT2D eigenvalue weighted by Crippen LogP contribution is -2.49. The normalized spacial score (nSPS) is 15.1. The Kier molecular flexibility index (Phi) is 15.0. The fourth-order valence-corrected chi connectivity index (χ4v) is 3.20. The first-order valence-electron chi connectivity index (χ1n) is 15.4. The van der Waals surface area contributed by atoms with E-state index in [1.165, 1.54) is 0 Å². The van der Waals surface area contributed by atoms with E-state index in [-0.39, 0.29) is 33.6 Å². The molecule has 0 N–H and O–H groups in total. The first kappa shape index (κ1) is 40.7. The van der Waals surface area contributed by atoms with Gasteiger partial charge in [0.1, 0.15) is 0 Å². The Balaban J connectivity index is 6.34. The van der Waals surface area contributed by atoms with Gasteiger partial charge in [0.2, 0.25) is 0 Å². The van der Waals surface area contributed by atoms with Crippen LogP contribution in [0.2, 0.25) is 0 Å². The molecule has 0 saturated carbocycles. The standard InChI is InChI=1S/C34H70O7/c1-27(2,3)36-21-33(22-37-28(4,5)6,23-38-29(7,8)9)19-35-20-34(24-39-30(10,11)12,25-40-31(13,14)15)26-41-32(16,17)18/h19-26H2,1-18H3. The first-order valence-corrected chi connectivity index (χ1v) is 15.4. The topological polar surface area (TPSA) is 64.6 Å². The van der Waals surface area contributed by atoms with Gasteiger partial charge in [-0.1, -0.05) is 0 Å². The van der Waals surface area contributed by atoms with E-state index in [0.717, 1.165) is 0 Å². The van der Waals surface area contributed by atoms with E-state index >= 15 is 0 Å². The van der Waals surface area contributed by atoms with Gasteiger partial charge in [0.05, 0.1) is 97.3 Å². The summed E-state index contributed by atoms with van der Waals surface area (Å²) in [7, 11) is 0. The third-order valence-electron chi connectivity index (χ3n) is 5.68. The van der Waals surface area contributed by atoms with Crippen LogP contribution in [-0.2, 0) is 33.2 Å². The Morgan fingerprint density at radius 2 is 0.390 bits per heavy atom. The molecule has 0 aliphatic rings. The summed E-state index contributed by atoms with van der Waals surface area (Å²) in [5.41, 5.74) is -2.97. The lowest BCUT2D eigenvalue weighted by atomic mass is 9.89. The summed E-state index contributed by atoms with van der Waals surface area (Å²) < 4.78 is 44.9. The van der Waals surface area contributed by atoms with Crippen molar-refractivity contribution in [1.82, 2.24) is 0 Å². The molecule has 0 amide bonds. The van der Waals surface area contributed by atoms with Crippen LogP contribution < -0.4 is 0 Å². The molecular weight excluding hydrogens is 520 g/mol. The van der Waals surface area contributed by atoms with Crippen molar-refractivity contribution in [3.63, 3.8) is 0 Å². The molecule has 0 spiro atoms. The van der Waals surface area contributed by atoms with Gasteiger partial charge in [-0.05, 0) is 125 Å². The van der Waals surface area contributed by atoms with Crippen LogP contribution in [0.15, 0.2) is 0 Å². The highest BCUT2D eigenvalue weighted by atomic mass is 16.6. The minimum Gasteiger partial charge on any atom is -0.380 e. The van der Waals surface area contributed by atoms with Crippen LogP contribution in [-0.4, -0.2) is 86.5 Å². The van der Waals surface area contributed by atoms with Gasteiger partial charge in [0.25, 0.3) is 0 Å². The molecule has 0 atom stereocenters. The van der Waals surface area contributed by atoms with E-state index in [1.807, 2.05) is 0 Å². The summed E-state index contributed by atoms with van der Waals surface area (Å²) in [5, 5.41) is 0. The lowest BCUT2D eigenvalue weighted by molar-refractivity contribution is -0.193. The number of hydrogen-bond acceptors (Lipinski definition) is 7. The van der Waals surface area contributed by atoms with E-state index in [9.17, 15) is 0 Å². The monoisotopic (exact) mass is 591 g/mol. The van der Waals surface area contributed by atoms with Crippen molar-refractivity contribution in [3.05, 3.63) is 0 Å². The molecule has 7 nitrogen and oxygen atoms in total. The average Bonchev–Trinajstić information content (AvgIpc) is 2.72. The Hall–Kier alpha value is -0.280. The lowest BCUT2D eigenvalue weighted by Gasteiger charge is -2.42. The Labute approximate surface area is 255 Å².